The fourth-order valence-corrected chi connectivity index (χ4v) is 0.962. The van der Waals surface area contributed by atoms with Gasteiger partial charge in [-0.15, -0.1) is 5.10 Å². The summed E-state index contributed by atoms with van der Waals surface area (Å²) in [5.74, 6) is 0. The van der Waals surface area contributed by atoms with Crippen molar-refractivity contribution >= 4 is 0 Å². The zero-order chi connectivity index (χ0) is 9.14. The predicted molar refractivity (Wildman–Crippen MR) is 45.8 cm³/mol. The molecule has 0 aliphatic heterocycles. The average molecular weight is 169 g/mol. The highest BCUT2D eigenvalue weighted by atomic mass is 16.3. The first-order valence-corrected chi connectivity index (χ1v) is 4.18. The molecule has 0 spiro atoms. The zero-order valence-corrected chi connectivity index (χ0v) is 7.73. The molecule has 1 atom stereocenters. The number of hydrogen-bond donors (Lipinski definition) is 1. The Morgan fingerprint density at radius 2 is 2.17 bits per heavy atom. The molecule has 68 valence electrons. The van der Waals surface area contributed by atoms with E-state index in [1.54, 1.807) is 11.6 Å². The van der Waals surface area contributed by atoms with E-state index in [0.717, 1.165) is 5.69 Å². The fraction of sp³-hybridized carbons (Fsp3) is 0.750. The van der Waals surface area contributed by atoms with Crippen LogP contribution in [0.5, 0.6) is 0 Å². The number of nitrogens with zero attached hydrogens (tertiary/aromatic N) is 3. The first kappa shape index (κ1) is 9.19. The highest BCUT2D eigenvalue weighted by Gasteiger charge is 2.05. The molecular formula is C8H15N3O. The number of aliphatic hydroxyl groups excluding tert-OH is 1. The molecule has 0 saturated carbocycles. The zero-order valence-electron chi connectivity index (χ0n) is 7.73. The normalized spacial score (nSPS) is 13.8. The molecule has 1 aromatic rings. The molecule has 4 nitrogen and oxygen atoms in total. The van der Waals surface area contributed by atoms with E-state index in [1.165, 1.54) is 0 Å². The molecule has 0 fully saturated rings. The van der Waals surface area contributed by atoms with Crippen molar-refractivity contribution < 1.29 is 5.11 Å². The molecule has 0 aliphatic carbocycles. The SMILES string of the molecule is CC(O)Cc1cn(C(C)C)nn1. The molecule has 0 aliphatic rings. The maximum atomic E-state index is 9.08. The smallest absolute Gasteiger partial charge is 0.0852 e. The summed E-state index contributed by atoms with van der Waals surface area (Å²) in [6.07, 6.45) is 2.10. The van der Waals surface area contributed by atoms with Crippen molar-refractivity contribution in [3.8, 4) is 0 Å². The van der Waals surface area contributed by atoms with Crippen LogP contribution in [0, 0.1) is 0 Å². The van der Waals surface area contributed by atoms with Crippen LogP contribution in [0.4, 0.5) is 0 Å². The minimum Gasteiger partial charge on any atom is -0.393 e. The Bertz CT molecular complexity index is 242. The summed E-state index contributed by atoms with van der Waals surface area (Å²) in [5.41, 5.74) is 0.846. The molecule has 0 radical (unpaired) electrons. The molecule has 1 unspecified atom stereocenters. The molecule has 1 N–H and O–H groups in total. The second-order valence-corrected chi connectivity index (χ2v) is 3.34. The van der Waals surface area contributed by atoms with Crippen molar-refractivity contribution in [1.29, 1.82) is 0 Å². The highest BCUT2D eigenvalue weighted by molar-refractivity contribution is 4.94. The summed E-state index contributed by atoms with van der Waals surface area (Å²) >= 11 is 0. The number of aromatic nitrogens is 3. The summed E-state index contributed by atoms with van der Waals surface area (Å²) in [5, 5.41) is 16.9. The molecule has 1 rings (SSSR count). The lowest BCUT2D eigenvalue weighted by atomic mass is 10.2. The van der Waals surface area contributed by atoms with Crippen molar-refractivity contribution in [3.63, 3.8) is 0 Å². The quantitative estimate of drug-likeness (QED) is 0.727. The van der Waals surface area contributed by atoms with Crippen molar-refractivity contribution in [3.05, 3.63) is 11.9 Å². The molecule has 1 aromatic heterocycles. The summed E-state index contributed by atoms with van der Waals surface area (Å²) in [6.45, 7) is 5.83. The van der Waals surface area contributed by atoms with Gasteiger partial charge in [0.15, 0.2) is 0 Å². The van der Waals surface area contributed by atoms with E-state index in [-0.39, 0.29) is 6.10 Å². The van der Waals surface area contributed by atoms with Crippen LogP contribution in [-0.4, -0.2) is 26.2 Å². The van der Waals surface area contributed by atoms with E-state index >= 15 is 0 Å². The number of rotatable bonds is 3. The molecule has 4 heteroatoms. The lowest BCUT2D eigenvalue weighted by molar-refractivity contribution is 0.194. The Morgan fingerprint density at radius 1 is 1.50 bits per heavy atom. The molecule has 0 bridgehead atoms. The van der Waals surface area contributed by atoms with Gasteiger partial charge in [-0.25, -0.2) is 4.68 Å². The molecular weight excluding hydrogens is 154 g/mol. The monoisotopic (exact) mass is 169 g/mol. The van der Waals surface area contributed by atoms with E-state index in [2.05, 4.69) is 10.3 Å². The Balaban J connectivity index is 2.64. The Labute approximate surface area is 72.2 Å². The van der Waals surface area contributed by atoms with E-state index in [0.29, 0.717) is 12.5 Å². The van der Waals surface area contributed by atoms with Gasteiger partial charge in [0, 0.05) is 18.7 Å². The van der Waals surface area contributed by atoms with Crippen LogP contribution in [0.15, 0.2) is 6.20 Å². The average Bonchev–Trinajstić information content (AvgIpc) is 2.34. The van der Waals surface area contributed by atoms with Crippen LogP contribution in [0.3, 0.4) is 0 Å². The first-order valence-electron chi connectivity index (χ1n) is 4.18. The molecule has 0 aromatic carbocycles. The van der Waals surface area contributed by atoms with Gasteiger partial charge in [-0.3, -0.25) is 0 Å². The van der Waals surface area contributed by atoms with Gasteiger partial charge in [-0.1, -0.05) is 5.21 Å². The second-order valence-electron chi connectivity index (χ2n) is 3.34. The first-order chi connectivity index (χ1) is 5.59. The highest BCUT2D eigenvalue weighted by Crippen LogP contribution is 2.04. The Hall–Kier alpha value is -0.900. The van der Waals surface area contributed by atoms with E-state index in [1.807, 2.05) is 20.0 Å². The van der Waals surface area contributed by atoms with Crippen molar-refractivity contribution in [1.82, 2.24) is 15.0 Å². The number of aliphatic hydroxyl groups is 1. The van der Waals surface area contributed by atoms with Crippen molar-refractivity contribution in [2.75, 3.05) is 0 Å². The van der Waals surface area contributed by atoms with Gasteiger partial charge in [0.2, 0.25) is 0 Å². The standard InChI is InChI=1S/C8H15N3O/c1-6(2)11-5-8(9-10-11)4-7(3)12/h5-7,12H,4H2,1-3H3. The lowest BCUT2D eigenvalue weighted by Gasteiger charge is -2.01. The molecule has 1 heterocycles. The maximum Gasteiger partial charge on any atom is 0.0852 e. The van der Waals surface area contributed by atoms with Gasteiger partial charge in [-0.2, -0.15) is 0 Å². The fourth-order valence-electron chi connectivity index (χ4n) is 0.962. The molecule has 0 saturated heterocycles. The third kappa shape index (κ3) is 2.30. The topological polar surface area (TPSA) is 50.9 Å². The largest absolute Gasteiger partial charge is 0.393 e. The molecule has 0 amide bonds. The van der Waals surface area contributed by atoms with Crippen molar-refractivity contribution in [2.24, 2.45) is 0 Å². The van der Waals surface area contributed by atoms with Crippen LogP contribution in [-0.2, 0) is 6.42 Å². The molecule has 12 heavy (non-hydrogen) atoms. The summed E-state index contributed by atoms with van der Waals surface area (Å²) < 4.78 is 1.79. The van der Waals surface area contributed by atoms with E-state index in [9.17, 15) is 0 Å². The van der Waals surface area contributed by atoms with Crippen LogP contribution < -0.4 is 0 Å². The van der Waals surface area contributed by atoms with Crippen LogP contribution in [0.1, 0.15) is 32.5 Å². The predicted octanol–water partition coefficient (Wildman–Crippen LogP) is 0.782. The third-order valence-corrected chi connectivity index (χ3v) is 1.59. The Morgan fingerprint density at radius 3 is 2.58 bits per heavy atom. The van der Waals surface area contributed by atoms with Gasteiger partial charge in [0.1, 0.15) is 0 Å². The van der Waals surface area contributed by atoms with Gasteiger partial charge in [-0.05, 0) is 20.8 Å². The summed E-state index contributed by atoms with van der Waals surface area (Å²) in [4.78, 5) is 0. The van der Waals surface area contributed by atoms with Crippen LogP contribution >= 0.6 is 0 Å². The minimum absolute atomic E-state index is 0.334. The van der Waals surface area contributed by atoms with Gasteiger partial charge < -0.3 is 5.11 Å². The second kappa shape index (κ2) is 3.67. The van der Waals surface area contributed by atoms with E-state index in [4.69, 9.17) is 5.11 Å². The summed E-state index contributed by atoms with van der Waals surface area (Å²) in [6, 6.07) is 0.334. The van der Waals surface area contributed by atoms with Crippen molar-refractivity contribution in [2.45, 2.75) is 39.3 Å². The summed E-state index contributed by atoms with van der Waals surface area (Å²) in [7, 11) is 0. The van der Waals surface area contributed by atoms with Crippen LogP contribution in [0.25, 0.3) is 0 Å². The lowest BCUT2D eigenvalue weighted by Crippen LogP contribution is -2.04. The maximum absolute atomic E-state index is 9.08. The number of hydrogen-bond acceptors (Lipinski definition) is 3. The van der Waals surface area contributed by atoms with Crippen LogP contribution in [0.2, 0.25) is 0 Å². The van der Waals surface area contributed by atoms with E-state index < -0.39 is 0 Å². The Kier molecular flexibility index (Phi) is 2.81. The third-order valence-electron chi connectivity index (χ3n) is 1.59. The van der Waals surface area contributed by atoms with Gasteiger partial charge >= 0.3 is 0 Å². The van der Waals surface area contributed by atoms with Gasteiger partial charge in [0.05, 0.1) is 11.8 Å². The van der Waals surface area contributed by atoms with Gasteiger partial charge in [0.25, 0.3) is 0 Å². The minimum atomic E-state index is -0.345.